The average molecular weight is 267 g/mol. The van der Waals surface area contributed by atoms with Gasteiger partial charge in [-0.2, -0.15) is 5.10 Å². The molecule has 0 bridgehead atoms. The number of hydrogen-bond acceptors (Lipinski definition) is 4. The Kier molecular flexibility index (Phi) is 4.24. The molecule has 2 aromatic carbocycles. The van der Waals surface area contributed by atoms with Crippen LogP contribution in [0.5, 0.6) is 0 Å². The summed E-state index contributed by atoms with van der Waals surface area (Å²) >= 11 is 0. The van der Waals surface area contributed by atoms with E-state index in [9.17, 15) is 14.7 Å². The van der Waals surface area contributed by atoms with E-state index in [1.54, 1.807) is 36.4 Å². The highest BCUT2D eigenvalue weighted by molar-refractivity contribution is 5.95. The minimum atomic E-state index is -1.23. The molecule has 5 heteroatoms. The number of carboxylic acid groups (broad SMARTS) is 1. The van der Waals surface area contributed by atoms with Crippen molar-refractivity contribution >= 4 is 18.1 Å². The van der Waals surface area contributed by atoms with E-state index in [4.69, 9.17) is 0 Å². The van der Waals surface area contributed by atoms with Crippen molar-refractivity contribution in [3.8, 4) is 0 Å². The number of carbonyl (C=O) groups excluding carboxylic acids is 2. The Bertz CT molecular complexity index is 634. The first-order valence-electron chi connectivity index (χ1n) is 5.86. The Morgan fingerprint density at radius 3 is 2.20 bits per heavy atom. The van der Waals surface area contributed by atoms with Gasteiger partial charge in [0.05, 0.1) is 12.2 Å². The number of benzene rings is 2. The lowest BCUT2D eigenvalue weighted by Gasteiger charge is -2.02. The molecule has 2 aromatic rings. The molecule has 0 heterocycles. The summed E-state index contributed by atoms with van der Waals surface area (Å²) in [7, 11) is 0. The van der Waals surface area contributed by atoms with E-state index in [1.165, 1.54) is 18.3 Å². The molecule has 5 nitrogen and oxygen atoms in total. The van der Waals surface area contributed by atoms with Crippen molar-refractivity contribution in [3.63, 3.8) is 0 Å². The van der Waals surface area contributed by atoms with E-state index in [2.05, 4.69) is 10.5 Å². The standard InChI is InChI=1S/C15H12N2O3/c18-14(12-4-2-1-3-5-12)17-16-10-11-6-8-13(9-7-11)15(19)20/h1-10H,(H,17,18)(H,19,20)/p-1/b16-10-. The lowest BCUT2D eigenvalue weighted by molar-refractivity contribution is -0.255. The molecule has 0 unspecified atom stereocenters. The monoisotopic (exact) mass is 267 g/mol. The van der Waals surface area contributed by atoms with Gasteiger partial charge in [-0.05, 0) is 23.3 Å². The number of hydrazone groups is 1. The van der Waals surface area contributed by atoms with Crippen molar-refractivity contribution in [2.45, 2.75) is 0 Å². The lowest BCUT2D eigenvalue weighted by atomic mass is 10.1. The quantitative estimate of drug-likeness (QED) is 0.657. The highest BCUT2D eigenvalue weighted by Gasteiger charge is 2.01. The van der Waals surface area contributed by atoms with E-state index in [1.807, 2.05) is 6.07 Å². The van der Waals surface area contributed by atoms with E-state index >= 15 is 0 Å². The number of amides is 1. The molecular formula is C15H11N2O3-. The molecule has 0 aliphatic rings. The third-order valence-electron chi connectivity index (χ3n) is 2.56. The molecule has 0 saturated heterocycles. The second-order valence-corrected chi connectivity index (χ2v) is 3.97. The van der Waals surface area contributed by atoms with Crippen LogP contribution in [-0.4, -0.2) is 18.1 Å². The minimum absolute atomic E-state index is 0.0930. The summed E-state index contributed by atoms with van der Waals surface area (Å²) in [6.07, 6.45) is 1.43. The Labute approximate surface area is 115 Å². The van der Waals surface area contributed by atoms with E-state index in [0.29, 0.717) is 11.1 Å². The van der Waals surface area contributed by atoms with Crippen LogP contribution in [0.25, 0.3) is 0 Å². The smallest absolute Gasteiger partial charge is 0.271 e. The average Bonchev–Trinajstić information content (AvgIpc) is 2.48. The maximum Gasteiger partial charge on any atom is 0.271 e. The Hall–Kier alpha value is -2.95. The molecule has 100 valence electrons. The van der Waals surface area contributed by atoms with Crippen LogP contribution >= 0.6 is 0 Å². The van der Waals surface area contributed by atoms with Crippen LogP contribution in [0.3, 0.4) is 0 Å². The number of carbonyl (C=O) groups is 2. The fourth-order valence-electron chi connectivity index (χ4n) is 1.52. The van der Waals surface area contributed by atoms with Crippen molar-refractivity contribution in [1.29, 1.82) is 0 Å². The third-order valence-corrected chi connectivity index (χ3v) is 2.56. The molecule has 0 atom stereocenters. The van der Waals surface area contributed by atoms with E-state index in [0.717, 1.165) is 0 Å². The van der Waals surface area contributed by atoms with Crippen LogP contribution in [0.2, 0.25) is 0 Å². The van der Waals surface area contributed by atoms with Crippen molar-refractivity contribution < 1.29 is 14.7 Å². The fraction of sp³-hybridized carbons (Fsp3) is 0. The van der Waals surface area contributed by atoms with Gasteiger partial charge in [0.2, 0.25) is 0 Å². The zero-order valence-corrected chi connectivity index (χ0v) is 10.4. The summed E-state index contributed by atoms with van der Waals surface area (Å²) in [6, 6.07) is 14.7. The van der Waals surface area contributed by atoms with Gasteiger partial charge in [-0.15, -0.1) is 0 Å². The maximum absolute atomic E-state index is 11.7. The summed E-state index contributed by atoms with van der Waals surface area (Å²) in [6.45, 7) is 0. The van der Waals surface area contributed by atoms with E-state index in [-0.39, 0.29) is 11.5 Å². The first kappa shape index (κ1) is 13.5. The van der Waals surface area contributed by atoms with Crippen LogP contribution in [-0.2, 0) is 0 Å². The van der Waals surface area contributed by atoms with Gasteiger partial charge in [0.25, 0.3) is 5.91 Å². The predicted molar refractivity (Wildman–Crippen MR) is 72.3 cm³/mol. The molecule has 0 aliphatic carbocycles. The van der Waals surface area contributed by atoms with Crippen molar-refractivity contribution in [2.24, 2.45) is 5.10 Å². The summed E-state index contributed by atoms with van der Waals surface area (Å²) < 4.78 is 0. The Balaban J connectivity index is 1.96. The zero-order chi connectivity index (χ0) is 14.4. The summed E-state index contributed by atoms with van der Waals surface area (Å²) in [5.74, 6) is -1.54. The molecule has 0 aromatic heterocycles. The second kappa shape index (κ2) is 6.29. The van der Waals surface area contributed by atoms with Gasteiger partial charge >= 0.3 is 0 Å². The normalized spacial score (nSPS) is 10.4. The SMILES string of the molecule is O=C([O-])c1ccc(/C=N\NC(=O)c2ccccc2)cc1. The predicted octanol–water partition coefficient (Wildman–Crippen LogP) is 0.814. The number of nitrogens with one attached hydrogen (secondary N) is 1. The number of hydrogen-bond donors (Lipinski definition) is 1. The second-order valence-electron chi connectivity index (χ2n) is 3.97. The highest BCUT2D eigenvalue weighted by Crippen LogP contribution is 2.01. The fourth-order valence-corrected chi connectivity index (χ4v) is 1.52. The first-order chi connectivity index (χ1) is 9.66. The molecule has 2 rings (SSSR count). The first-order valence-corrected chi connectivity index (χ1v) is 5.86. The van der Waals surface area contributed by atoms with Gasteiger partial charge in [-0.3, -0.25) is 4.79 Å². The van der Waals surface area contributed by atoms with Gasteiger partial charge in [-0.1, -0.05) is 42.5 Å². The topological polar surface area (TPSA) is 81.6 Å². The minimum Gasteiger partial charge on any atom is -0.545 e. The lowest BCUT2D eigenvalue weighted by Crippen LogP contribution is -2.22. The largest absolute Gasteiger partial charge is 0.545 e. The highest BCUT2D eigenvalue weighted by atomic mass is 16.4. The summed E-state index contributed by atoms with van der Waals surface area (Å²) in [4.78, 5) is 22.2. The van der Waals surface area contributed by atoms with Crippen LogP contribution in [0.1, 0.15) is 26.3 Å². The van der Waals surface area contributed by atoms with Crippen LogP contribution in [0.15, 0.2) is 59.7 Å². The van der Waals surface area contributed by atoms with Gasteiger partial charge in [-0.25, -0.2) is 5.43 Å². The van der Waals surface area contributed by atoms with E-state index < -0.39 is 5.97 Å². The molecule has 0 fully saturated rings. The number of rotatable bonds is 4. The molecule has 20 heavy (non-hydrogen) atoms. The molecule has 1 N–H and O–H groups in total. The molecule has 0 aliphatic heterocycles. The molecule has 1 amide bonds. The van der Waals surface area contributed by atoms with Crippen LogP contribution in [0.4, 0.5) is 0 Å². The maximum atomic E-state index is 11.7. The van der Waals surface area contributed by atoms with Gasteiger partial charge in [0.15, 0.2) is 0 Å². The third kappa shape index (κ3) is 3.52. The molecule has 0 radical (unpaired) electrons. The van der Waals surface area contributed by atoms with Crippen LogP contribution in [0, 0.1) is 0 Å². The van der Waals surface area contributed by atoms with Gasteiger partial charge < -0.3 is 9.90 Å². The van der Waals surface area contributed by atoms with Crippen molar-refractivity contribution in [1.82, 2.24) is 5.43 Å². The van der Waals surface area contributed by atoms with Crippen LogP contribution < -0.4 is 10.5 Å². The molecule has 0 spiro atoms. The Morgan fingerprint density at radius 1 is 0.950 bits per heavy atom. The van der Waals surface area contributed by atoms with Crippen molar-refractivity contribution in [2.75, 3.05) is 0 Å². The number of carboxylic acids is 1. The summed E-state index contributed by atoms with van der Waals surface area (Å²) in [5.41, 5.74) is 3.66. The Morgan fingerprint density at radius 2 is 1.60 bits per heavy atom. The molecular weight excluding hydrogens is 256 g/mol. The van der Waals surface area contributed by atoms with Gasteiger partial charge in [0.1, 0.15) is 0 Å². The zero-order valence-electron chi connectivity index (χ0n) is 10.4. The molecule has 0 saturated carbocycles. The number of aromatic carboxylic acids is 1. The van der Waals surface area contributed by atoms with Crippen molar-refractivity contribution in [3.05, 3.63) is 71.3 Å². The number of nitrogens with zero attached hydrogens (tertiary/aromatic N) is 1. The van der Waals surface area contributed by atoms with Gasteiger partial charge in [0, 0.05) is 5.56 Å². The summed E-state index contributed by atoms with van der Waals surface area (Å²) in [5, 5.41) is 14.4.